The van der Waals surface area contributed by atoms with Crippen LogP contribution < -0.4 is 10.1 Å². The second-order valence-electron chi connectivity index (χ2n) is 6.57. The van der Waals surface area contributed by atoms with Gasteiger partial charge in [0.2, 0.25) is 0 Å². The number of carbonyl (C=O) groups is 1. The maximum absolute atomic E-state index is 13.2. The van der Waals surface area contributed by atoms with Crippen LogP contribution in [-0.2, 0) is 4.79 Å². The number of ether oxygens (including phenoxy) is 1. The summed E-state index contributed by atoms with van der Waals surface area (Å²) in [7, 11) is 1.66. The van der Waals surface area contributed by atoms with Crippen LogP contribution in [-0.4, -0.2) is 12.9 Å². The molecule has 0 unspecified atom stereocenters. The Morgan fingerprint density at radius 1 is 0.893 bits per heavy atom. The predicted octanol–water partition coefficient (Wildman–Crippen LogP) is 5.92. The van der Waals surface area contributed by atoms with Gasteiger partial charge in [-0.15, -0.1) is 0 Å². The lowest BCUT2D eigenvalue weighted by atomic mass is 9.96. The van der Waals surface area contributed by atoms with Gasteiger partial charge in [0.15, 0.2) is 5.78 Å². The second-order valence-corrected chi connectivity index (χ2v) is 7.78. The van der Waals surface area contributed by atoms with Crippen molar-refractivity contribution in [3.63, 3.8) is 0 Å². The van der Waals surface area contributed by atoms with E-state index in [-0.39, 0.29) is 11.0 Å². The van der Waals surface area contributed by atoms with Gasteiger partial charge in [-0.1, -0.05) is 72.4 Å². The first-order chi connectivity index (χ1) is 13.7. The Morgan fingerprint density at radius 2 is 1.54 bits per heavy atom. The van der Waals surface area contributed by atoms with Crippen LogP contribution in [0.3, 0.4) is 0 Å². The van der Waals surface area contributed by atoms with E-state index in [0.29, 0.717) is 6.42 Å². The standard InChI is InChI=1S/C24H21NO2S/c1-27-20-14-12-17(13-15-20)22-16-21(26)23(18-8-4-2-5-9-18)24(28-22)25-19-10-6-3-7-11-19/h2-15,22,25H,16H2,1H3/t22-/m0/s1. The number of rotatable bonds is 5. The molecule has 3 aromatic rings. The summed E-state index contributed by atoms with van der Waals surface area (Å²) in [6.45, 7) is 0. The highest BCUT2D eigenvalue weighted by Crippen LogP contribution is 2.46. The lowest BCUT2D eigenvalue weighted by Crippen LogP contribution is -2.17. The smallest absolute Gasteiger partial charge is 0.167 e. The molecule has 4 rings (SSSR count). The molecular weight excluding hydrogens is 366 g/mol. The third kappa shape index (κ3) is 3.97. The number of hydrogen-bond donors (Lipinski definition) is 1. The number of methoxy groups -OCH3 is 1. The van der Waals surface area contributed by atoms with E-state index in [4.69, 9.17) is 4.74 Å². The van der Waals surface area contributed by atoms with Crippen LogP contribution in [0.25, 0.3) is 5.57 Å². The molecule has 1 heterocycles. The quantitative estimate of drug-likeness (QED) is 0.589. The highest BCUT2D eigenvalue weighted by molar-refractivity contribution is 8.03. The molecule has 0 aromatic heterocycles. The summed E-state index contributed by atoms with van der Waals surface area (Å²) in [6, 6.07) is 27.8. The minimum absolute atomic E-state index is 0.0667. The minimum Gasteiger partial charge on any atom is -0.497 e. The third-order valence-corrected chi connectivity index (χ3v) is 5.98. The van der Waals surface area contributed by atoms with Gasteiger partial charge in [-0.25, -0.2) is 0 Å². The van der Waals surface area contributed by atoms with Crippen LogP contribution in [0, 0.1) is 0 Å². The van der Waals surface area contributed by atoms with E-state index in [2.05, 4.69) is 5.32 Å². The van der Waals surface area contributed by atoms with E-state index in [0.717, 1.165) is 33.2 Å². The molecule has 0 aliphatic carbocycles. The molecule has 1 N–H and O–H groups in total. The number of ketones is 1. The predicted molar refractivity (Wildman–Crippen MR) is 116 cm³/mol. The molecule has 0 spiro atoms. The first-order valence-electron chi connectivity index (χ1n) is 9.20. The number of carbonyl (C=O) groups excluding carboxylic acids is 1. The van der Waals surface area contributed by atoms with E-state index in [1.807, 2.05) is 84.9 Å². The van der Waals surface area contributed by atoms with Crippen molar-refractivity contribution in [2.75, 3.05) is 12.4 Å². The van der Waals surface area contributed by atoms with Gasteiger partial charge in [0.25, 0.3) is 0 Å². The Hall–Kier alpha value is -2.98. The molecule has 1 aliphatic heterocycles. The van der Waals surface area contributed by atoms with Gasteiger partial charge >= 0.3 is 0 Å². The van der Waals surface area contributed by atoms with E-state index in [1.54, 1.807) is 18.9 Å². The Labute approximate surface area is 169 Å². The molecule has 140 valence electrons. The monoisotopic (exact) mass is 387 g/mol. The number of thioether (sulfide) groups is 1. The van der Waals surface area contributed by atoms with Crippen LogP contribution in [0.15, 0.2) is 90.0 Å². The summed E-state index contributed by atoms with van der Waals surface area (Å²) in [4.78, 5) is 13.2. The fraction of sp³-hybridized carbons (Fsp3) is 0.125. The molecular formula is C24H21NO2S. The molecule has 1 atom stereocenters. The summed E-state index contributed by atoms with van der Waals surface area (Å²) in [6.07, 6.45) is 0.473. The number of benzene rings is 3. The molecule has 3 aromatic carbocycles. The van der Waals surface area contributed by atoms with Crippen LogP contribution in [0.4, 0.5) is 5.69 Å². The number of nitrogens with one attached hydrogen (secondary N) is 1. The van der Waals surface area contributed by atoms with E-state index in [1.165, 1.54) is 0 Å². The van der Waals surface area contributed by atoms with Gasteiger partial charge in [0, 0.05) is 17.4 Å². The average Bonchev–Trinajstić information content (AvgIpc) is 2.75. The molecule has 28 heavy (non-hydrogen) atoms. The van der Waals surface area contributed by atoms with Crippen molar-refractivity contribution in [3.8, 4) is 5.75 Å². The Balaban J connectivity index is 1.72. The summed E-state index contributed by atoms with van der Waals surface area (Å²) in [5.41, 5.74) is 3.81. The summed E-state index contributed by atoms with van der Waals surface area (Å²) in [5, 5.41) is 4.44. The zero-order valence-electron chi connectivity index (χ0n) is 15.6. The van der Waals surface area contributed by atoms with Gasteiger partial charge in [0.1, 0.15) is 5.75 Å². The van der Waals surface area contributed by atoms with Crippen molar-refractivity contribution in [3.05, 3.63) is 101 Å². The van der Waals surface area contributed by atoms with Crippen LogP contribution in [0.1, 0.15) is 22.8 Å². The number of Topliss-reactive ketones (excluding diaryl/α,β-unsaturated/α-hetero) is 1. The average molecular weight is 388 g/mol. The van der Waals surface area contributed by atoms with Crippen LogP contribution in [0.2, 0.25) is 0 Å². The highest BCUT2D eigenvalue weighted by Gasteiger charge is 2.30. The fourth-order valence-electron chi connectivity index (χ4n) is 3.29. The van der Waals surface area contributed by atoms with Gasteiger partial charge in [-0.2, -0.15) is 0 Å². The maximum atomic E-state index is 13.2. The molecule has 0 bridgehead atoms. The van der Waals surface area contributed by atoms with Gasteiger partial charge < -0.3 is 10.1 Å². The van der Waals surface area contributed by atoms with E-state index in [9.17, 15) is 4.79 Å². The van der Waals surface area contributed by atoms with Gasteiger partial charge in [-0.05, 0) is 35.4 Å². The van der Waals surface area contributed by atoms with Crippen molar-refractivity contribution in [2.45, 2.75) is 11.7 Å². The molecule has 0 saturated carbocycles. The summed E-state index contributed by atoms with van der Waals surface area (Å²) < 4.78 is 5.26. The molecule has 0 amide bonds. The zero-order chi connectivity index (χ0) is 19.3. The zero-order valence-corrected chi connectivity index (χ0v) is 16.4. The lowest BCUT2D eigenvalue weighted by molar-refractivity contribution is -0.113. The van der Waals surface area contributed by atoms with Gasteiger partial charge in [0.05, 0.1) is 17.7 Å². The van der Waals surface area contributed by atoms with Crippen molar-refractivity contribution in [2.24, 2.45) is 0 Å². The van der Waals surface area contributed by atoms with E-state index < -0.39 is 0 Å². The number of hydrogen-bond acceptors (Lipinski definition) is 4. The lowest BCUT2D eigenvalue weighted by Gasteiger charge is -2.27. The maximum Gasteiger partial charge on any atom is 0.167 e. The molecule has 0 radical (unpaired) electrons. The first-order valence-corrected chi connectivity index (χ1v) is 10.1. The van der Waals surface area contributed by atoms with Crippen LogP contribution >= 0.6 is 11.8 Å². The van der Waals surface area contributed by atoms with Crippen molar-refractivity contribution in [1.82, 2.24) is 0 Å². The van der Waals surface area contributed by atoms with Crippen molar-refractivity contribution < 1.29 is 9.53 Å². The second kappa shape index (κ2) is 8.36. The van der Waals surface area contributed by atoms with Gasteiger partial charge in [-0.3, -0.25) is 4.79 Å². The number of allylic oxidation sites excluding steroid dienone is 1. The molecule has 0 saturated heterocycles. The number of anilines is 1. The largest absolute Gasteiger partial charge is 0.497 e. The van der Waals surface area contributed by atoms with E-state index >= 15 is 0 Å². The molecule has 4 heteroatoms. The summed E-state index contributed by atoms with van der Waals surface area (Å²) in [5.74, 6) is 0.975. The first kappa shape index (κ1) is 18.4. The topological polar surface area (TPSA) is 38.3 Å². The Kier molecular flexibility index (Phi) is 5.49. The number of para-hydroxylation sites is 1. The molecule has 1 aliphatic rings. The van der Waals surface area contributed by atoms with Crippen LogP contribution in [0.5, 0.6) is 5.75 Å². The third-order valence-electron chi connectivity index (χ3n) is 4.72. The Bertz CT molecular complexity index is 982. The molecule has 0 fully saturated rings. The summed E-state index contributed by atoms with van der Waals surface area (Å²) >= 11 is 1.71. The molecule has 3 nitrogen and oxygen atoms in total. The normalized spacial score (nSPS) is 16.8. The highest BCUT2D eigenvalue weighted by atomic mass is 32.2. The SMILES string of the molecule is COc1ccc([C@@H]2CC(=O)C(c3ccccc3)=C(Nc3ccccc3)S2)cc1. The Morgan fingerprint density at radius 3 is 2.18 bits per heavy atom. The van der Waals surface area contributed by atoms with Crippen molar-refractivity contribution >= 4 is 28.8 Å². The fourth-order valence-corrected chi connectivity index (χ4v) is 4.62. The van der Waals surface area contributed by atoms with Crippen molar-refractivity contribution in [1.29, 1.82) is 0 Å². The minimum atomic E-state index is 0.0667.